The summed E-state index contributed by atoms with van der Waals surface area (Å²) in [4.78, 5) is 0. The van der Waals surface area contributed by atoms with E-state index >= 15 is 0 Å². The van der Waals surface area contributed by atoms with Crippen LogP contribution in [0.1, 0.15) is 73.1 Å². The predicted molar refractivity (Wildman–Crippen MR) is 100 cm³/mol. The summed E-state index contributed by atoms with van der Waals surface area (Å²) in [6, 6.07) is 0. The van der Waals surface area contributed by atoms with Gasteiger partial charge in [-0.1, -0.05) is 32.9 Å². The summed E-state index contributed by atoms with van der Waals surface area (Å²) in [6.07, 6.45) is 13.7. The highest BCUT2D eigenvalue weighted by Crippen LogP contribution is 2.68. The van der Waals surface area contributed by atoms with Gasteiger partial charge in [0.1, 0.15) is 0 Å². The molecule has 0 bridgehead atoms. The second kappa shape index (κ2) is 5.13. The highest BCUT2D eigenvalue weighted by atomic mass is 16.8. The van der Waals surface area contributed by atoms with Gasteiger partial charge in [-0.05, 0) is 86.9 Å². The van der Waals surface area contributed by atoms with E-state index in [0.717, 1.165) is 17.8 Å². The third-order valence-electron chi connectivity index (χ3n) is 9.51. The molecule has 5 rings (SSSR count). The molecule has 0 spiro atoms. The quantitative estimate of drug-likeness (QED) is 0.535. The van der Waals surface area contributed by atoms with E-state index in [0.29, 0.717) is 28.8 Å². The molecule has 0 aromatic heterocycles. The summed E-state index contributed by atoms with van der Waals surface area (Å²) in [5.74, 6) is 3.32. The van der Waals surface area contributed by atoms with E-state index in [1.165, 1.54) is 38.5 Å². The Kier molecular flexibility index (Phi) is 3.45. The van der Waals surface area contributed by atoms with Crippen molar-refractivity contribution in [3.05, 3.63) is 12.2 Å². The fourth-order valence-electron chi connectivity index (χ4n) is 8.02. The number of rotatable bonds is 0. The van der Waals surface area contributed by atoms with Crippen LogP contribution in [0.15, 0.2) is 12.2 Å². The van der Waals surface area contributed by atoms with Gasteiger partial charge in [0.15, 0.2) is 5.79 Å². The Hall–Kier alpha value is -0.340. The molecule has 0 amide bonds. The van der Waals surface area contributed by atoms with E-state index in [4.69, 9.17) is 9.47 Å². The van der Waals surface area contributed by atoms with Crippen molar-refractivity contribution < 1.29 is 9.47 Å². The van der Waals surface area contributed by atoms with Gasteiger partial charge >= 0.3 is 0 Å². The summed E-state index contributed by atoms with van der Waals surface area (Å²) < 4.78 is 13.2. The first-order chi connectivity index (χ1) is 11.8. The number of ether oxygens (including phenoxy) is 2. The minimum Gasteiger partial charge on any atom is -0.344 e. The minimum absolute atomic E-state index is 0.260. The van der Waals surface area contributed by atoms with Crippen molar-refractivity contribution in [2.45, 2.75) is 91.1 Å². The fraction of sp³-hybridized carbons (Fsp3) is 0.913. The van der Waals surface area contributed by atoms with Crippen LogP contribution in [-0.2, 0) is 9.47 Å². The van der Waals surface area contributed by atoms with E-state index in [9.17, 15) is 0 Å². The topological polar surface area (TPSA) is 18.5 Å². The summed E-state index contributed by atoms with van der Waals surface area (Å²) >= 11 is 0. The zero-order valence-electron chi connectivity index (χ0n) is 16.8. The van der Waals surface area contributed by atoms with Gasteiger partial charge in [0, 0.05) is 5.92 Å². The van der Waals surface area contributed by atoms with Gasteiger partial charge in [0.05, 0.1) is 12.2 Å². The van der Waals surface area contributed by atoms with Crippen molar-refractivity contribution in [1.82, 2.24) is 0 Å². The van der Waals surface area contributed by atoms with E-state index < -0.39 is 5.79 Å². The molecule has 4 aliphatic carbocycles. The number of hydrogen-bond acceptors (Lipinski definition) is 2. The van der Waals surface area contributed by atoms with Gasteiger partial charge in [-0.15, -0.1) is 0 Å². The molecule has 4 fully saturated rings. The number of fused-ring (bicyclic) bond motifs is 8. The molecule has 0 radical (unpaired) electrons. The first-order valence-corrected chi connectivity index (χ1v) is 10.8. The van der Waals surface area contributed by atoms with Crippen LogP contribution in [0.2, 0.25) is 0 Å². The van der Waals surface area contributed by atoms with E-state index in [2.05, 4.69) is 46.8 Å². The highest BCUT2D eigenvalue weighted by Gasteiger charge is 2.67. The molecule has 3 saturated carbocycles. The SMILES string of the molecule is C[C@H]1CCC2C3C(CC[C@@]21C)[C@@]1(C)CCC=CC1[C@H]1OC(C)(C)O[C@H]31. The Morgan fingerprint density at radius 2 is 1.56 bits per heavy atom. The maximum absolute atomic E-state index is 6.65. The van der Waals surface area contributed by atoms with Gasteiger partial charge in [-0.3, -0.25) is 0 Å². The van der Waals surface area contributed by atoms with Crippen molar-refractivity contribution in [3.63, 3.8) is 0 Å². The largest absolute Gasteiger partial charge is 0.344 e. The molecule has 0 N–H and O–H groups in total. The molecule has 0 aromatic rings. The first-order valence-electron chi connectivity index (χ1n) is 10.8. The lowest BCUT2D eigenvalue weighted by atomic mass is 9.44. The zero-order valence-corrected chi connectivity index (χ0v) is 16.8. The van der Waals surface area contributed by atoms with Crippen molar-refractivity contribution in [2.75, 3.05) is 0 Å². The van der Waals surface area contributed by atoms with Crippen LogP contribution in [0.3, 0.4) is 0 Å². The number of hydrogen-bond donors (Lipinski definition) is 0. The first kappa shape index (κ1) is 16.8. The maximum Gasteiger partial charge on any atom is 0.163 e. The Morgan fingerprint density at radius 3 is 2.36 bits per heavy atom. The van der Waals surface area contributed by atoms with Gasteiger partial charge in [0.25, 0.3) is 0 Å². The zero-order chi connectivity index (χ0) is 17.6. The van der Waals surface area contributed by atoms with Crippen LogP contribution in [0.4, 0.5) is 0 Å². The lowest BCUT2D eigenvalue weighted by Crippen LogP contribution is -2.61. The smallest absolute Gasteiger partial charge is 0.163 e. The normalized spacial score (nSPS) is 59.0. The van der Waals surface area contributed by atoms with Crippen molar-refractivity contribution >= 4 is 0 Å². The third-order valence-corrected chi connectivity index (χ3v) is 9.51. The molecule has 1 aliphatic heterocycles. The molecule has 25 heavy (non-hydrogen) atoms. The second-order valence-corrected chi connectivity index (χ2v) is 10.9. The van der Waals surface area contributed by atoms with Gasteiger partial charge in [-0.25, -0.2) is 0 Å². The van der Waals surface area contributed by atoms with Gasteiger partial charge in [0.2, 0.25) is 0 Å². The van der Waals surface area contributed by atoms with Crippen LogP contribution in [0.5, 0.6) is 0 Å². The molecule has 1 heterocycles. The summed E-state index contributed by atoms with van der Waals surface area (Å²) in [5, 5.41) is 0. The van der Waals surface area contributed by atoms with Crippen molar-refractivity contribution in [2.24, 2.45) is 40.4 Å². The summed E-state index contributed by atoms with van der Waals surface area (Å²) in [7, 11) is 0. The van der Waals surface area contributed by atoms with Crippen molar-refractivity contribution in [3.8, 4) is 0 Å². The van der Waals surface area contributed by atoms with Crippen LogP contribution in [0.25, 0.3) is 0 Å². The van der Waals surface area contributed by atoms with E-state index in [-0.39, 0.29) is 6.10 Å². The Labute approximate surface area is 153 Å². The maximum atomic E-state index is 6.65. The standard InChI is InChI=1S/C23H36O2/c1-14-9-10-15-18-16(11-13-22(14,15)4)23(5)12-7-6-8-17(23)19-20(18)25-21(2,3)24-19/h6,8,14-20H,7,9-13H2,1-5H3/t14-,15?,16?,17?,18?,19+,20+,22+,23+/m0/s1. The monoisotopic (exact) mass is 344 g/mol. The Balaban J connectivity index is 1.61. The second-order valence-electron chi connectivity index (χ2n) is 10.9. The average Bonchev–Trinajstić information content (AvgIpc) is 3.03. The molecule has 0 aromatic carbocycles. The predicted octanol–water partition coefficient (Wildman–Crippen LogP) is 5.57. The number of allylic oxidation sites excluding steroid dienone is 1. The molecule has 4 unspecified atom stereocenters. The van der Waals surface area contributed by atoms with Crippen LogP contribution in [0, 0.1) is 40.4 Å². The Morgan fingerprint density at radius 1 is 0.840 bits per heavy atom. The molecular weight excluding hydrogens is 308 g/mol. The van der Waals surface area contributed by atoms with Crippen LogP contribution < -0.4 is 0 Å². The van der Waals surface area contributed by atoms with E-state index in [1.807, 2.05) is 0 Å². The molecule has 5 aliphatic rings. The molecular formula is C23H36O2. The molecule has 2 heteroatoms. The van der Waals surface area contributed by atoms with Crippen molar-refractivity contribution in [1.29, 1.82) is 0 Å². The lowest BCUT2D eigenvalue weighted by Gasteiger charge is -2.62. The highest BCUT2D eigenvalue weighted by molar-refractivity contribution is 5.19. The fourth-order valence-corrected chi connectivity index (χ4v) is 8.02. The van der Waals surface area contributed by atoms with E-state index in [1.54, 1.807) is 0 Å². The lowest BCUT2D eigenvalue weighted by molar-refractivity contribution is -0.167. The molecule has 140 valence electrons. The molecule has 9 atom stereocenters. The molecule has 2 nitrogen and oxygen atoms in total. The molecule has 1 saturated heterocycles. The third kappa shape index (κ3) is 2.10. The summed E-state index contributed by atoms with van der Waals surface area (Å²) in [5.41, 5.74) is 0.924. The average molecular weight is 345 g/mol. The van der Waals surface area contributed by atoms with Gasteiger partial charge in [-0.2, -0.15) is 0 Å². The minimum atomic E-state index is -0.422. The summed E-state index contributed by atoms with van der Waals surface area (Å²) in [6.45, 7) is 11.9. The van der Waals surface area contributed by atoms with Gasteiger partial charge < -0.3 is 9.47 Å². The van der Waals surface area contributed by atoms with Crippen LogP contribution >= 0.6 is 0 Å². The Bertz CT molecular complexity index is 595. The van der Waals surface area contributed by atoms with Crippen LogP contribution in [-0.4, -0.2) is 18.0 Å².